The topological polar surface area (TPSA) is 37.3 Å². The molecule has 2 nitrogen and oxygen atoms in total. The first-order valence-corrected chi connectivity index (χ1v) is 3.65. The number of aliphatic carboxylic acids is 1. The van der Waals surface area contributed by atoms with E-state index in [1.165, 1.54) is 0 Å². The van der Waals surface area contributed by atoms with Crippen molar-refractivity contribution in [2.75, 3.05) is 0 Å². The molecule has 0 fully saturated rings. The maximum atomic E-state index is 10.8. The fourth-order valence-electron chi connectivity index (χ4n) is 1.13. The summed E-state index contributed by atoms with van der Waals surface area (Å²) in [6.45, 7) is 3.58. The molecule has 0 aromatic heterocycles. The van der Waals surface area contributed by atoms with E-state index in [0.717, 1.165) is 12.0 Å². The van der Waals surface area contributed by atoms with Crippen molar-refractivity contribution < 1.29 is 9.90 Å². The maximum Gasteiger partial charge on any atom is 0.317 e. The molecule has 0 aromatic carbocycles. The van der Waals surface area contributed by atoms with Gasteiger partial charge in [0.2, 0.25) is 0 Å². The Labute approximate surface area is 66.2 Å². The molecule has 11 heavy (non-hydrogen) atoms. The summed E-state index contributed by atoms with van der Waals surface area (Å²) in [5.74, 6) is -0.776. The van der Waals surface area contributed by atoms with Crippen molar-refractivity contribution in [2.45, 2.75) is 20.3 Å². The van der Waals surface area contributed by atoms with Gasteiger partial charge in [0.25, 0.3) is 0 Å². The first kappa shape index (κ1) is 8.05. The molecule has 0 amide bonds. The lowest BCUT2D eigenvalue weighted by Gasteiger charge is -2.24. The minimum absolute atomic E-state index is 0.766. The van der Waals surface area contributed by atoms with E-state index in [-0.39, 0.29) is 0 Å². The predicted octanol–water partition coefficient (Wildman–Crippen LogP) is 1.98. The summed E-state index contributed by atoms with van der Waals surface area (Å²) >= 11 is 0. The average Bonchev–Trinajstić information content (AvgIpc) is 1.95. The molecule has 1 aliphatic carbocycles. The molecule has 0 radical (unpaired) electrons. The van der Waals surface area contributed by atoms with E-state index < -0.39 is 11.4 Å². The van der Waals surface area contributed by atoms with Gasteiger partial charge in [-0.3, -0.25) is 4.79 Å². The summed E-state index contributed by atoms with van der Waals surface area (Å²) in [5.41, 5.74) is 0.158. The second-order valence-corrected chi connectivity index (χ2v) is 3.03. The number of allylic oxidation sites excluding steroid dienone is 2. The van der Waals surface area contributed by atoms with Crippen LogP contribution in [0.15, 0.2) is 23.8 Å². The molecule has 0 spiro atoms. The van der Waals surface area contributed by atoms with Crippen LogP contribution in [0.25, 0.3) is 0 Å². The Balaban J connectivity index is 3.00. The van der Waals surface area contributed by atoms with Gasteiger partial charge >= 0.3 is 5.97 Å². The van der Waals surface area contributed by atoms with Crippen LogP contribution in [0.5, 0.6) is 0 Å². The number of carboxylic acids is 1. The van der Waals surface area contributed by atoms with Gasteiger partial charge in [-0.15, -0.1) is 0 Å². The van der Waals surface area contributed by atoms with Crippen LogP contribution in [0.2, 0.25) is 0 Å². The van der Waals surface area contributed by atoms with Crippen LogP contribution < -0.4 is 0 Å². The van der Waals surface area contributed by atoms with Crippen molar-refractivity contribution in [1.29, 1.82) is 0 Å². The number of rotatable bonds is 1. The Morgan fingerprint density at radius 3 is 2.73 bits per heavy atom. The van der Waals surface area contributed by atoms with Gasteiger partial charge in [0.15, 0.2) is 0 Å². The van der Waals surface area contributed by atoms with E-state index in [4.69, 9.17) is 5.11 Å². The van der Waals surface area contributed by atoms with Crippen LogP contribution in [-0.2, 0) is 4.79 Å². The Hall–Kier alpha value is -1.05. The monoisotopic (exact) mass is 152 g/mol. The van der Waals surface area contributed by atoms with E-state index in [0.29, 0.717) is 0 Å². The fraction of sp³-hybridized carbons (Fsp3) is 0.444. The summed E-state index contributed by atoms with van der Waals surface area (Å²) in [5, 5.41) is 8.88. The first-order valence-electron chi connectivity index (χ1n) is 3.65. The Morgan fingerprint density at radius 1 is 1.73 bits per heavy atom. The van der Waals surface area contributed by atoms with Crippen LogP contribution in [0, 0.1) is 5.41 Å². The van der Waals surface area contributed by atoms with Crippen molar-refractivity contribution in [3.8, 4) is 0 Å². The zero-order valence-corrected chi connectivity index (χ0v) is 6.79. The molecular weight excluding hydrogens is 140 g/mol. The molecular formula is C9H12O2. The Bertz CT molecular complexity index is 238. The Kier molecular flexibility index (Phi) is 1.85. The maximum absolute atomic E-state index is 10.8. The molecule has 1 unspecified atom stereocenters. The molecule has 0 aromatic rings. The molecule has 0 saturated carbocycles. The van der Waals surface area contributed by atoms with Crippen molar-refractivity contribution in [1.82, 2.24) is 0 Å². The zero-order valence-electron chi connectivity index (χ0n) is 6.79. The van der Waals surface area contributed by atoms with Crippen LogP contribution in [0.3, 0.4) is 0 Å². The highest BCUT2D eigenvalue weighted by atomic mass is 16.4. The quantitative estimate of drug-likeness (QED) is 0.583. The van der Waals surface area contributed by atoms with Crippen molar-refractivity contribution in [2.24, 2.45) is 5.41 Å². The highest BCUT2D eigenvalue weighted by molar-refractivity contribution is 5.80. The van der Waals surface area contributed by atoms with Gasteiger partial charge in [-0.1, -0.05) is 23.8 Å². The summed E-state index contributed by atoms with van der Waals surface area (Å²) in [7, 11) is 0. The highest BCUT2D eigenvalue weighted by Gasteiger charge is 2.32. The number of carbonyl (C=O) groups is 1. The minimum atomic E-state index is -0.776. The van der Waals surface area contributed by atoms with Crippen LogP contribution in [-0.4, -0.2) is 11.1 Å². The van der Waals surface area contributed by atoms with Gasteiger partial charge in [-0.05, 0) is 20.3 Å². The summed E-state index contributed by atoms with van der Waals surface area (Å²) in [6.07, 6.45) is 6.45. The lowest BCUT2D eigenvalue weighted by Crippen LogP contribution is -2.27. The smallest absolute Gasteiger partial charge is 0.317 e. The summed E-state index contributed by atoms with van der Waals surface area (Å²) in [6, 6.07) is 0. The van der Waals surface area contributed by atoms with E-state index in [1.54, 1.807) is 13.0 Å². The molecule has 1 aliphatic rings. The minimum Gasteiger partial charge on any atom is -0.480 e. The lowest BCUT2D eigenvalue weighted by atomic mass is 9.79. The molecule has 0 aliphatic heterocycles. The predicted molar refractivity (Wildman–Crippen MR) is 43.3 cm³/mol. The van der Waals surface area contributed by atoms with Gasteiger partial charge in [0.05, 0.1) is 0 Å². The summed E-state index contributed by atoms with van der Waals surface area (Å²) < 4.78 is 0. The highest BCUT2D eigenvalue weighted by Crippen LogP contribution is 2.31. The zero-order chi connectivity index (χ0) is 8.48. The molecule has 0 bridgehead atoms. The molecule has 0 saturated heterocycles. The molecule has 60 valence electrons. The van der Waals surface area contributed by atoms with E-state index in [1.807, 2.05) is 19.1 Å². The first-order chi connectivity index (χ1) is 5.07. The second kappa shape index (κ2) is 2.53. The van der Waals surface area contributed by atoms with Gasteiger partial charge in [0, 0.05) is 0 Å². The largest absolute Gasteiger partial charge is 0.480 e. The number of hydrogen-bond acceptors (Lipinski definition) is 1. The third kappa shape index (κ3) is 1.20. The van der Waals surface area contributed by atoms with Gasteiger partial charge < -0.3 is 5.11 Å². The normalized spacial score (nSPS) is 29.8. The SMILES string of the molecule is CC1=CCC=CC1(C)C(=O)O. The second-order valence-electron chi connectivity index (χ2n) is 3.03. The molecule has 2 heteroatoms. The Morgan fingerprint density at radius 2 is 2.36 bits per heavy atom. The van der Waals surface area contributed by atoms with Crippen LogP contribution in [0.1, 0.15) is 20.3 Å². The van der Waals surface area contributed by atoms with Crippen molar-refractivity contribution >= 4 is 5.97 Å². The van der Waals surface area contributed by atoms with Crippen molar-refractivity contribution in [3.63, 3.8) is 0 Å². The molecule has 1 N–H and O–H groups in total. The van der Waals surface area contributed by atoms with Gasteiger partial charge in [-0.25, -0.2) is 0 Å². The standard InChI is InChI=1S/C9H12O2/c1-7-5-3-4-6-9(7,2)8(10)11/h4-6H,3H2,1-2H3,(H,10,11). The molecule has 1 atom stereocenters. The summed E-state index contributed by atoms with van der Waals surface area (Å²) in [4.78, 5) is 10.8. The number of hydrogen-bond donors (Lipinski definition) is 1. The molecule has 1 rings (SSSR count). The van der Waals surface area contributed by atoms with Crippen LogP contribution >= 0.6 is 0 Å². The third-order valence-electron chi connectivity index (χ3n) is 2.27. The number of carboxylic acid groups (broad SMARTS) is 1. The van der Waals surface area contributed by atoms with Crippen LogP contribution in [0.4, 0.5) is 0 Å². The molecule has 0 heterocycles. The van der Waals surface area contributed by atoms with E-state index in [9.17, 15) is 4.79 Å². The van der Waals surface area contributed by atoms with E-state index in [2.05, 4.69) is 0 Å². The fourth-order valence-corrected chi connectivity index (χ4v) is 1.13. The van der Waals surface area contributed by atoms with Crippen molar-refractivity contribution in [3.05, 3.63) is 23.8 Å². The lowest BCUT2D eigenvalue weighted by molar-refractivity contribution is -0.143. The third-order valence-corrected chi connectivity index (χ3v) is 2.27. The van der Waals surface area contributed by atoms with Gasteiger partial charge in [0.1, 0.15) is 5.41 Å². The van der Waals surface area contributed by atoms with Gasteiger partial charge in [-0.2, -0.15) is 0 Å². The van der Waals surface area contributed by atoms with E-state index >= 15 is 0 Å². The average molecular weight is 152 g/mol.